The third-order valence-electron chi connectivity index (χ3n) is 2.63. The molecule has 0 radical (unpaired) electrons. The fraction of sp³-hybridized carbons (Fsp3) is 0.417. The molecular weight excluding hydrogens is 204 g/mol. The third kappa shape index (κ3) is 2.97. The predicted molar refractivity (Wildman–Crippen MR) is 60.6 cm³/mol. The van der Waals surface area contributed by atoms with Crippen LogP contribution in [-0.2, 0) is 11.4 Å². The first-order chi connectivity index (χ1) is 7.86. The summed E-state index contributed by atoms with van der Waals surface area (Å²) in [4.78, 5) is 18.4. The number of carbonyl (C=O) groups is 1. The van der Waals surface area contributed by atoms with Gasteiger partial charge in [-0.1, -0.05) is 30.3 Å². The normalized spacial score (nSPS) is 15.1. The van der Waals surface area contributed by atoms with Gasteiger partial charge in [-0.3, -0.25) is 4.84 Å². The molecule has 1 fully saturated rings. The van der Waals surface area contributed by atoms with Crippen molar-refractivity contribution in [3.05, 3.63) is 35.9 Å². The number of carbonyl (C=O) groups excluding carboxylic acids is 1. The van der Waals surface area contributed by atoms with Gasteiger partial charge in [0.25, 0.3) is 0 Å². The molecule has 1 aromatic carbocycles. The van der Waals surface area contributed by atoms with Crippen LogP contribution in [0.5, 0.6) is 0 Å². The minimum atomic E-state index is -0.131. The lowest BCUT2D eigenvalue weighted by atomic mass is 10.2. The van der Waals surface area contributed by atoms with Crippen LogP contribution in [0.1, 0.15) is 18.4 Å². The maximum absolute atomic E-state index is 11.5. The molecule has 16 heavy (non-hydrogen) atoms. The van der Waals surface area contributed by atoms with Crippen LogP contribution in [0, 0.1) is 0 Å². The summed E-state index contributed by atoms with van der Waals surface area (Å²) in [7, 11) is 0. The lowest BCUT2D eigenvalue weighted by Gasteiger charge is -2.15. The van der Waals surface area contributed by atoms with Crippen molar-refractivity contribution < 1.29 is 9.63 Å². The van der Waals surface area contributed by atoms with E-state index in [2.05, 4.69) is 5.48 Å². The monoisotopic (exact) mass is 220 g/mol. The Morgan fingerprint density at radius 3 is 2.62 bits per heavy atom. The molecule has 0 aromatic heterocycles. The van der Waals surface area contributed by atoms with E-state index in [1.165, 1.54) is 0 Å². The molecule has 1 saturated heterocycles. The Bertz CT molecular complexity index is 334. The molecule has 1 aromatic rings. The van der Waals surface area contributed by atoms with Gasteiger partial charge in [0.2, 0.25) is 0 Å². The van der Waals surface area contributed by atoms with E-state index >= 15 is 0 Å². The van der Waals surface area contributed by atoms with Crippen molar-refractivity contribution >= 4 is 6.03 Å². The number of hydroxylamine groups is 1. The zero-order chi connectivity index (χ0) is 11.2. The van der Waals surface area contributed by atoms with Crippen molar-refractivity contribution in [3.8, 4) is 0 Å². The second-order valence-corrected chi connectivity index (χ2v) is 3.88. The average molecular weight is 220 g/mol. The van der Waals surface area contributed by atoms with E-state index in [9.17, 15) is 4.79 Å². The number of rotatable bonds is 3. The standard InChI is InChI=1S/C12H16N2O2/c15-12(14-8-4-5-9-14)13-16-10-11-6-2-1-3-7-11/h1-3,6-7H,4-5,8-10H2,(H,13,15). The molecule has 86 valence electrons. The Labute approximate surface area is 95.2 Å². The van der Waals surface area contributed by atoms with Crippen LogP contribution in [0.15, 0.2) is 30.3 Å². The number of hydrogen-bond donors (Lipinski definition) is 1. The summed E-state index contributed by atoms with van der Waals surface area (Å²) in [6.45, 7) is 2.07. The van der Waals surface area contributed by atoms with Crippen molar-refractivity contribution in [3.63, 3.8) is 0 Å². The Morgan fingerprint density at radius 1 is 1.25 bits per heavy atom. The minimum Gasteiger partial charge on any atom is -0.323 e. The van der Waals surface area contributed by atoms with Gasteiger partial charge in [0, 0.05) is 13.1 Å². The first kappa shape index (κ1) is 11.0. The highest BCUT2D eigenvalue weighted by Crippen LogP contribution is 2.07. The van der Waals surface area contributed by atoms with Crippen molar-refractivity contribution in [2.45, 2.75) is 19.4 Å². The second-order valence-electron chi connectivity index (χ2n) is 3.88. The molecular formula is C12H16N2O2. The summed E-state index contributed by atoms with van der Waals surface area (Å²) in [5, 5.41) is 0. The molecule has 1 aliphatic heterocycles. The number of likely N-dealkylation sites (tertiary alicyclic amines) is 1. The maximum atomic E-state index is 11.5. The largest absolute Gasteiger partial charge is 0.341 e. The SMILES string of the molecule is O=C(NOCc1ccccc1)N1CCCC1. The maximum Gasteiger partial charge on any atom is 0.341 e. The molecule has 0 spiro atoms. The van der Waals surface area contributed by atoms with Crippen LogP contribution in [0.4, 0.5) is 4.79 Å². The number of nitrogens with zero attached hydrogens (tertiary/aromatic N) is 1. The summed E-state index contributed by atoms with van der Waals surface area (Å²) in [6.07, 6.45) is 2.18. The molecule has 4 heteroatoms. The van der Waals surface area contributed by atoms with E-state index in [4.69, 9.17) is 4.84 Å². The van der Waals surface area contributed by atoms with Gasteiger partial charge < -0.3 is 4.90 Å². The fourth-order valence-electron chi connectivity index (χ4n) is 1.74. The number of hydrogen-bond acceptors (Lipinski definition) is 2. The molecule has 1 heterocycles. The lowest BCUT2D eigenvalue weighted by molar-refractivity contribution is 0.0387. The molecule has 1 aliphatic rings. The van der Waals surface area contributed by atoms with Crippen LogP contribution in [0.3, 0.4) is 0 Å². The molecule has 0 atom stereocenters. The van der Waals surface area contributed by atoms with Gasteiger partial charge in [-0.25, -0.2) is 10.3 Å². The summed E-state index contributed by atoms with van der Waals surface area (Å²) < 4.78 is 0. The highest BCUT2D eigenvalue weighted by atomic mass is 16.7. The van der Waals surface area contributed by atoms with Crippen LogP contribution >= 0.6 is 0 Å². The first-order valence-corrected chi connectivity index (χ1v) is 5.57. The molecule has 0 saturated carbocycles. The molecule has 2 amide bonds. The van der Waals surface area contributed by atoms with Crippen molar-refractivity contribution in [1.82, 2.24) is 10.4 Å². The molecule has 0 bridgehead atoms. The number of amides is 2. The highest BCUT2D eigenvalue weighted by Gasteiger charge is 2.17. The Hall–Kier alpha value is -1.55. The third-order valence-corrected chi connectivity index (χ3v) is 2.63. The van der Waals surface area contributed by atoms with Gasteiger partial charge in [-0.2, -0.15) is 0 Å². The van der Waals surface area contributed by atoms with Gasteiger partial charge in [-0.05, 0) is 18.4 Å². The van der Waals surface area contributed by atoms with Crippen LogP contribution < -0.4 is 5.48 Å². The molecule has 1 N–H and O–H groups in total. The van der Waals surface area contributed by atoms with Crippen LogP contribution in [0.2, 0.25) is 0 Å². The summed E-state index contributed by atoms with van der Waals surface area (Å²) in [6, 6.07) is 9.63. The highest BCUT2D eigenvalue weighted by molar-refractivity contribution is 5.73. The summed E-state index contributed by atoms with van der Waals surface area (Å²) in [5.74, 6) is 0. The Kier molecular flexibility index (Phi) is 3.77. The molecule has 0 aliphatic carbocycles. The smallest absolute Gasteiger partial charge is 0.323 e. The van der Waals surface area contributed by atoms with Crippen molar-refractivity contribution in [2.75, 3.05) is 13.1 Å². The second kappa shape index (κ2) is 5.51. The van der Waals surface area contributed by atoms with E-state index in [-0.39, 0.29) is 6.03 Å². The van der Waals surface area contributed by atoms with Crippen molar-refractivity contribution in [1.29, 1.82) is 0 Å². The van der Waals surface area contributed by atoms with E-state index in [1.807, 2.05) is 30.3 Å². The van der Waals surface area contributed by atoms with Gasteiger partial charge >= 0.3 is 6.03 Å². The van der Waals surface area contributed by atoms with Gasteiger partial charge in [0.1, 0.15) is 0 Å². The van der Waals surface area contributed by atoms with Gasteiger partial charge in [0.15, 0.2) is 0 Å². The summed E-state index contributed by atoms with van der Waals surface area (Å²) in [5.41, 5.74) is 3.51. The van der Waals surface area contributed by atoms with Crippen LogP contribution in [0.25, 0.3) is 0 Å². The fourth-order valence-corrected chi connectivity index (χ4v) is 1.74. The van der Waals surface area contributed by atoms with Gasteiger partial charge in [0.05, 0.1) is 6.61 Å². The minimum absolute atomic E-state index is 0.131. The van der Waals surface area contributed by atoms with Crippen LogP contribution in [-0.4, -0.2) is 24.0 Å². The quantitative estimate of drug-likeness (QED) is 0.791. The Morgan fingerprint density at radius 2 is 1.94 bits per heavy atom. The summed E-state index contributed by atoms with van der Waals surface area (Å²) >= 11 is 0. The topological polar surface area (TPSA) is 41.6 Å². The molecule has 4 nitrogen and oxygen atoms in total. The number of urea groups is 1. The Balaban J connectivity index is 1.70. The van der Waals surface area contributed by atoms with E-state index in [0.717, 1.165) is 31.5 Å². The zero-order valence-electron chi connectivity index (χ0n) is 9.19. The zero-order valence-corrected chi connectivity index (χ0v) is 9.19. The van der Waals surface area contributed by atoms with E-state index in [0.29, 0.717) is 6.61 Å². The lowest BCUT2D eigenvalue weighted by Crippen LogP contribution is -2.37. The van der Waals surface area contributed by atoms with E-state index < -0.39 is 0 Å². The molecule has 0 unspecified atom stereocenters. The number of benzene rings is 1. The average Bonchev–Trinajstić information content (AvgIpc) is 2.84. The molecule has 2 rings (SSSR count). The predicted octanol–water partition coefficient (Wildman–Crippen LogP) is 1.92. The van der Waals surface area contributed by atoms with Gasteiger partial charge in [-0.15, -0.1) is 0 Å². The number of nitrogens with one attached hydrogen (secondary N) is 1. The van der Waals surface area contributed by atoms with Crippen molar-refractivity contribution in [2.24, 2.45) is 0 Å². The van der Waals surface area contributed by atoms with E-state index in [1.54, 1.807) is 4.90 Å². The first-order valence-electron chi connectivity index (χ1n) is 5.57.